The third-order valence-corrected chi connectivity index (χ3v) is 10.2. The van der Waals surface area contributed by atoms with Crippen LogP contribution in [0.25, 0.3) is 0 Å². The first-order valence-electron chi connectivity index (χ1n) is 9.05. The molecule has 0 saturated heterocycles. The van der Waals surface area contributed by atoms with Gasteiger partial charge in [0, 0.05) is 17.7 Å². The summed E-state index contributed by atoms with van der Waals surface area (Å²) in [5.74, 6) is 0.212. The van der Waals surface area contributed by atoms with Gasteiger partial charge in [0.05, 0.1) is 0 Å². The zero-order valence-corrected chi connectivity index (χ0v) is 17.3. The Bertz CT molecular complexity index is 604. The second kappa shape index (κ2) is 7.01. The van der Waals surface area contributed by atoms with Crippen LogP contribution in [-0.2, 0) is 9.22 Å². The number of rotatable bonds is 4. The van der Waals surface area contributed by atoms with Gasteiger partial charge in [0.15, 0.2) is 8.32 Å². The van der Waals surface area contributed by atoms with E-state index in [9.17, 15) is 4.79 Å². The van der Waals surface area contributed by atoms with E-state index in [0.717, 1.165) is 30.5 Å². The van der Waals surface area contributed by atoms with Gasteiger partial charge in [-0.2, -0.15) is 0 Å². The Hall–Kier alpha value is -1.13. The maximum absolute atomic E-state index is 12.6. The summed E-state index contributed by atoms with van der Waals surface area (Å²) >= 11 is 0. The van der Waals surface area contributed by atoms with Crippen LogP contribution in [-0.4, -0.2) is 20.3 Å². The number of amides is 1. The zero-order valence-electron chi connectivity index (χ0n) is 16.3. The van der Waals surface area contributed by atoms with Gasteiger partial charge in [0.2, 0.25) is 5.91 Å². The van der Waals surface area contributed by atoms with Crippen LogP contribution in [0, 0.1) is 19.8 Å². The van der Waals surface area contributed by atoms with Crippen LogP contribution in [0.4, 0.5) is 5.69 Å². The summed E-state index contributed by atoms with van der Waals surface area (Å²) in [5, 5.41) is 3.32. The quantitative estimate of drug-likeness (QED) is 0.737. The third-order valence-electron chi connectivity index (χ3n) is 5.66. The Labute approximate surface area is 148 Å². The van der Waals surface area contributed by atoms with Crippen molar-refractivity contribution in [3.05, 3.63) is 29.3 Å². The van der Waals surface area contributed by atoms with E-state index in [-0.39, 0.29) is 23.0 Å². The number of anilines is 1. The Morgan fingerprint density at radius 1 is 1.21 bits per heavy atom. The normalized spacial score (nSPS) is 21.8. The van der Waals surface area contributed by atoms with E-state index in [0.29, 0.717) is 0 Å². The molecule has 1 aromatic carbocycles. The fourth-order valence-corrected chi connectivity index (χ4v) is 4.47. The van der Waals surface area contributed by atoms with E-state index >= 15 is 0 Å². The number of carbonyl (C=O) groups is 1. The van der Waals surface area contributed by atoms with E-state index in [4.69, 9.17) is 4.43 Å². The molecule has 0 heterocycles. The molecule has 2 atom stereocenters. The number of hydrogen-bond acceptors (Lipinski definition) is 2. The van der Waals surface area contributed by atoms with Gasteiger partial charge in [-0.15, -0.1) is 0 Å². The van der Waals surface area contributed by atoms with E-state index in [2.05, 4.69) is 52.2 Å². The average molecular weight is 348 g/mol. The lowest BCUT2D eigenvalue weighted by molar-refractivity contribution is -0.119. The van der Waals surface area contributed by atoms with Crippen LogP contribution in [0.2, 0.25) is 18.1 Å². The lowest BCUT2D eigenvalue weighted by atomic mass is 10.1. The zero-order chi connectivity index (χ0) is 18.1. The lowest BCUT2D eigenvalue weighted by Crippen LogP contribution is -2.43. The number of aryl methyl sites for hydroxylation is 2. The first kappa shape index (κ1) is 19.2. The fraction of sp³-hybridized carbons (Fsp3) is 0.650. The molecule has 0 unspecified atom stereocenters. The van der Waals surface area contributed by atoms with Crippen molar-refractivity contribution in [3.63, 3.8) is 0 Å². The molecule has 0 aliphatic heterocycles. The fourth-order valence-electron chi connectivity index (χ4n) is 3.07. The number of benzene rings is 1. The number of hydrogen-bond donors (Lipinski definition) is 1. The molecule has 1 amide bonds. The molecule has 24 heavy (non-hydrogen) atoms. The molecule has 0 bridgehead atoms. The summed E-state index contributed by atoms with van der Waals surface area (Å²) in [6.45, 7) is 15.5. The van der Waals surface area contributed by atoms with E-state index in [1.165, 1.54) is 5.56 Å². The second-order valence-electron chi connectivity index (χ2n) is 8.82. The molecule has 1 aliphatic carbocycles. The largest absolute Gasteiger partial charge is 0.414 e. The Balaban J connectivity index is 1.94. The maximum atomic E-state index is 12.6. The molecule has 1 aromatic rings. The van der Waals surface area contributed by atoms with Crippen LogP contribution in [0.15, 0.2) is 18.2 Å². The van der Waals surface area contributed by atoms with Gasteiger partial charge in [0.25, 0.3) is 0 Å². The predicted molar refractivity (Wildman–Crippen MR) is 104 cm³/mol. The molecule has 0 radical (unpaired) electrons. The highest BCUT2D eigenvalue weighted by atomic mass is 28.4. The number of carbonyl (C=O) groups excluding carboxylic acids is 1. The van der Waals surface area contributed by atoms with Gasteiger partial charge in [-0.1, -0.05) is 38.5 Å². The van der Waals surface area contributed by atoms with E-state index in [1.54, 1.807) is 0 Å². The molecule has 0 spiro atoms. The first-order valence-corrected chi connectivity index (χ1v) is 12.0. The van der Waals surface area contributed by atoms with Crippen molar-refractivity contribution in [2.24, 2.45) is 5.92 Å². The molecule has 1 N–H and O–H groups in total. The molecular weight excluding hydrogens is 314 g/mol. The minimum absolute atomic E-state index is 0.0699. The molecule has 0 aromatic heterocycles. The Kier molecular flexibility index (Phi) is 5.60. The second-order valence-corrected chi connectivity index (χ2v) is 13.6. The van der Waals surface area contributed by atoms with Crippen LogP contribution < -0.4 is 5.32 Å². The van der Waals surface area contributed by atoms with Gasteiger partial charge in [-0.3, -0.25) is 4.79 Å². The summed E-state index contributed by atoms with van der Waals surface area (Å²) in [6, 6.07) is 6.15. The highest BCUT2D eigenvalue weighted by Gasteiger charge is 2.41. The van der Waals surface area contributed by atoms with Crippen molar-refractivity contribution < 1.29 is 9.22 Å². The molecule has 4 heteroatoms. The summed E-state index contributed by atoms with van der Waals surface area (Å²) < 4.78 is 6.49. The first-order chi connectivity index (χ1) is 11.0. The third kappa shape index (κ3) is 4.48. The minimum atomic E-state index is -1.76. The van der Waals surface area contributed by atoms with Crippen molar-refractivity contribution in [1.29, 1.82) is 0 Å². The topological polar surface area (TPSA) is 38.3 Å². The van der Waals surface area contributed by atoms with Crippen molar-refractivity contribution >= 4 is 19.9 Å². The van der Waals surface area contributed by atoms with Gasteiger partial charge in [-0.05, 0) is 62.9 Å². The Morgan fingerprint density at radius 2 is 1.88 bits per heavy atom. The molecule has 1 aliphatic rings. The Morgan fingerprint density at radius 3 is 2.46 bits per heavy atom. The predicted octanol–water partition coefficient (Wildman–Crippen LogP) is 5.43. The summed E-state index contributed by atoms with van der Waals surface area (Å²) in [6.07, 6.45) is 3.01. The van der Waals surface area contributed by atoms with Crippen molar-refractivity contribution in [1.82, 2.24) is 0 Å². The van der Waals surface area contributed by atoms with Crippen LogP contribution in [0.5, 0.6) is 0 Å². The molecule has 1 saturated carbocycles. The number of nitrogens with one attached hydrogen (secondary N) is 1. The van der Waals surface area contributed by atoms with Crippen LogP contribution >= 0.6 is 0 Å². The van der Waals surface area contributed by atoms with Gasteiger partial charge < -0.3 is 9.74 Å². The summed E-state index contributed by atoms with van der Waals surface area (Å²) in [4.78, 5) is 12.6. The van der Waals surface area contributed by atoms with Crippen molar-refractivity contribution in [2.75, 3.05) is 5.32 Å². The molecule has 134 valence electrons. The van der Waals surface area contributed by atoms with Gasteiger partial charge in [-0.25, -0.2) is 0 Å². The van der Waals surface area contributed by atoms with Crippen molar-refractivity contribution in [3.8, 4) is 0 Å². The van der Waals surface area contributed by atoms with E-state index in [1.807, 2.05) is 19.1 Å². The smallest absolute Gasteiger partial charge is 0.227 e. The lowest BCUT2D eigenvalue weighted by Gasteiger charge is -2.38. The van der Waals surface area contributed by atoms with Crippen LogP contribution in [0.3, 0.4) is 0 Å². The van der Waals surface area contributed by atoms with Crippen molar-refractivity contribution in [2.45, 2.75) is 78.1 Å². The molecular formula is C20H33NO2Si. The molecule has 3 nitrogen and oxygen atoms in total. The highest BCUT2D eigenvalue weighted by Crippen LogP contribution is 2.40. The SMILES string of the molecule is Cc1ccc(NC(=O)[C@@H]2CC[C@H](O[Si](C)(C)C(C)(C)C)C2)c(C)c1. The van der Waals surface area contributed by atoms with Crippen LogP contribution in [0.1, 0.15) is 51.2 Å². The highest BCUT2D eigenvalue weighted by molar-refractivity contribution is 6.74. The minimum Gasteiger partial charge on any atom is -0.414 e. The van der Waals surface area contributed by atoms with Gasteiger partial charge in [0.1, 0.15) is 0 Å². The molecule has 1 fully saturated rings. The molecule has 2 rings (SSSR count). The maximum Gasteiger partial charge on any atom is 0.227 e. The average Bonchev–Trinajstić information content (AvgIpc) is 2.88. The van der Waals surface area contributed by atoms with E-state index < -0.39 is 8.32 Å². The summed E-state index contributed by atoms with van der Waals surface area (Å²) in [7, 11) is -1.76. The summed E-state index contributed by atoms with van der Waals surface area (Å²) in [5.41, 5.74) is 3.27. The standard InChI is InChI=1S/C20H33NO2Si/c1-14-8-11-18(15(2)12-14)21-19(22)16-9-10-17(13-16)23-24(6,7)20(3,4)5/h8,11-12,16-17H,9-10,13H2,1-7H3,(H,21,22)/t16-,17+/m1/s1. The monoisotopic (exact) mass is 347 g/mol. The van der Waals surface area contributed by atoms with Gasteiger partial charge >= 0.3 is 0 Å².